The van der Waals surface area contributed by atoms with Gasteiger partial charge in [0.25, 0.3) is 0 Å². The number of aromatic nitrogens is 3. The number of oxazole rings is 1. The highest BCUT2D eigenvalue weighted by Crippen LogP contribution is 2.22. The third-order valence-electron chi connectivity index (χ3n) is 3.24. The molecule has 5 heteroatoms. The molecule has 22 heavy (non-hydrogen) atoms. The average Bonchev–Trinajstić information content (AvgIpc) is 3.14. The fourth-order valence-electron chi connectivity index (χ4n) is 2.09. The maximum absolute atomic E-state index is 5.72. The van der Waals surface area contributed by atoms with E-state index in [9.17, 15) is 0 Å². The maximum atomic E-state index is 5.72. The Bertz CT molecular complexity index is 797. The SMILES string of the molecule is C#CCCc1noc(Cc2nc(-c3ccccc3)oc2C)n1. The van der Waals surface area contributed by atoms with E-state index in [1.165, 1.54) is 0 Å². The van der Waals surface area contributed by atoms with Crippen LogP contribution in [-0.4, -0.2) is 15.1 Å². The first-order chi connectivity index (χ1) is 10.8. The van der Waals surface area contributed by atoms with E-state index in [1.54, 1.807) is 0 Å². The molecule has 0 spiro atoms. The molecule has 0 fully saturated rings. The van der Waals surface area contributed by atoms with Crippen LogP contribution in [0.5, 0.6) is 0 Å². The van der Waals surface area contributed by atoms with Crippen LogP contribution < -0.4 is 0 Å². The van der Waals surface area contributed by atoms with Gasteiger partial charge < -0.3 is 8.94 Å². The summed E-state index contributed by atoms with van der Waals surface area (Å²) in [5, 5.41) is 3.90. The Balaban J connectivity index is 1.77. The lowest BCUT2D eigenvalue weighted by Gasteiger charge is -1.92. The number of hydrogen-bond acceptors (Lipinski definition) is 5. The molecule has 2 aromatic heterocycles. The molecule has 0 aliphatic rings. The van der Waals surface area contributed by atoms with Gasteiger partial charge in [-0.25, -0.2) is 4.98 Å². The van der Waals surface area contributed by atoms with Gasteiger partial charge in [0.05, 0.1) is 12.1 Å². The van der Waals surface area contributed by atoms with Gasteiger partial charge in [-0.3, -0.25) is 0 Å². The zero-order valence-corrected chi connectivity index (χ0v) is 12.2. The highest BCUT2D eigenvalue weighted by molar-refractivity contribution is 5.53. The van der Waals surface area contributed by atoms with Crippen LogP contribution >= 0.6 is 0 Å². The topological polar surface area (TPSA) is 65.0 Å². The number of benzene rings is 1. The van der Waals surface area contributed by atoms with Gasteiger partial charge in [-0.05, 0) is 19.1 Å². The molecule has 0 unspecified atom stereocenters. The number of rotatable bonds is 5. The zero-order valence-electron chi connectivity index (χ0n) is 12.2. The largest absolute Gasteiger partial charge is 0.441 e. The highest BCUT2D eigenvalue weighted by atomic mass is 16.5. The molecule has 0 radical (unpaired) electrons. The van der Waals surface area contributed by atoms with Crippen molar-refractivity contribution in [1.29, 1.82) is 0 Å². The summed E-state index contributed by atoms with van der Waals surface area (Å²) in [4.78, 5) is 8.83. The molecule has 3 aromatic rings. The van der Waals surface area contributed by atoms with Gasteiger partial charge >= 0.3 is 0 Å². The Morgan fingerprint density at radius 1 is 1.18 bits per heavy atom. The quantitative estimate of drug-likeness (QED) is 0.676. The van der Waals surface area contributed by atoms with E-state index in [-0.39, 0.29) is 0 Å². The van der Waals surface area contributed by atoms with Crippen LogP contribution in [0.4, 0.5) is 0 Å². The molecule has 0 N–H and O–H groups in total. The predicted octanol–water partition coefficient (Wildman–Crippen LogP) is 3.19. The second-order valence-corrected chi connectivity index (χ2v) is 4.87. The molecule has 0 saturated heterocycles. The van der Waals surface area contributed by atoms with Crippen molar-refractivity contribution in [2.75, 3.05) is 0 Å². The van der Waals surface area contributed by atoms with Crippen LogP contribution in [0.15, 0.2) is 39.3 Å². The molecule has 2 heterocycles. The van der Waals surface area contributed by atoms with Crippen molar-refractivity contribution < 1.29 is 8.94 Å². The molecule has 0 atom stereocenters. The third kappa shape index (κ3) is 3.07. The predicted molar refractivity (Wildman–Crippen MR) is 80.9 cm³/mol. The third-order valence-corrected chi connectivity index (χ3v) is 3.24. The molecule has 0 aliphatic heterocycles. The molecule has 3 rings (SSSR count). The first-order valence-electron chi connectivity index (χ1n) is 7.03. The van der Waals surface area contributed by atoms with Gasteiger partial charge in [-0.1, -0.05) is 23.4 Å². The van der Waals surface area contributed by atoms with Gasteiger partial charge in [-0.2, -0.15) is 4.98 Å². The summed E-state index contributed by atoms with van der Waals surface area (Å²) >= 11 is 0. The Morgan fingerprint density at radius 3 is 2.77 bits per heavy atom. The van der Waals surface area contributed by atoms with Gasteiger partial charge in [0.15, 0.2) is 5.82 Å². The van der Waals surface area contributed by atoms with Crippen molar-refractivity contribution in [3.8, 4) is 23.8 Å². The summed E-state index contributed by atoms with van der Waals surface area (Å²) in [6, 6.07) is 9.77. The van der Waals surface area contributed by atoms with Crippen molar-refractivity contribution >= 4 is 0 Å². The van der Waals surface area contributed by atoms with Crippen LogP contribution in [0.2, 0.25) is 0 Å². The van der Waals surface area contributed by atoms with Crippen molar-refractivity contribution in [2.24, 2.45) is 0 Å². The number of nitrogens with zero attached hydrogens (tertiary/aromatic N) is 3. The summed E-state index contributed by atoms with van der Waals surface area (Å²) in [5.74, 6) is 5.05. The zero-order chi connectivity index (χ0) is 15.4. The average molecular weight is 293 g/mol. The van der Waals surface area contributed by atoms with E-state index in [2.05, 4.69) is 21.0 Å². The van der Waals surface area contributed by atoms with Gasteiger partial charge in [0.2, 0.25) is 11.8 Å². The van der Waals surface area contributed by atoms with E-state index in [0.717, 1.165) is 17.0 Å². The van der Waals surface area contributed by atoms with Crippen molar-refractivity contribution in [3.63, 3.8) is 0 Å². The summed E-state index contributed by atoms with van der Waals surface area (Å²) < 4.78 is 10.9. The molecular formula is C17H15N3O2. The van der Waals surface area contributed by atoms with E-state index >= 15 is 0 Å². The molecule has 0 saturated carbocycles. The Kier molecular flexibility index (Phi) is 4.01. The van der Waals surface area contributed by atoms with Crippen molar-refractivity contribution in [2.45, 2.75) is 26.2 Å². The Morgan fingerprint density at radius 2 is 2.00 bits per heavy atom. The lowest BCUT2D eigenvalue weighted by atomic mass is 10.2. The van der Waals surface area contributed by atoms with Gasteiger partial charge in [0.1, 0.15) is 5.76 Å². The normalized spacial score (nSPS) is 10.5. The molecule has 0 bridgehead atoms. The minimum absolute atomic E-state index is 0.450. The van der Waals surface area contributed by atoms with E-state index < -0.39 is 0 Å². The summed E-state index contributed by atoms with van der Waals surface area (Å²) in [7, 11) is 0. The Hall–Kier alpha value is -2.87. The first kappa shape index (κ1) is 14.1. The fraction of sp³-hybridized carbons (Fsp3) is 0.235. The second-order valence-electron chi connectivity index (χ2n) is 4.87. The van der Waals surface area contributed by atoms with Crippen LogP contribution in [0.25, 0.3) is 11.5 Å². The van der Waals surface area contributed by atoms with Crippen molar-refractivity contribution in [1.82, 2.24) is 15.1 Å². The van der Waals surface area contributed by atoms with E-state index in [0.29, 0.717) is 36.9 Å². The summed E-state index contributed by atoms with van der Waals surface area (Å²) in [6.07, 6.45) is 6.89. The summed E-state index contributed by atoms with van der Waals surface area (Å²) in [6.45, 7) is 1.88. The molecule has 1 aromatic carbocycles. The van der Waals surface area contributed by atoms with Crippen LogP contribution in [0.3, 0.4) is 0 Å². The highest BCUT2D eigenvalue weighted by Gasteiger charge is 2.15. The number of aryl methyl sites for hydroxylation is 2. The molecule has 110 valence electrons. The number of terminal acetylenes is 1. The Labute approximate surface area is 128 Å². The lowest BCUT2D eigenvalue weighted by Crippen LogP contribution is -1.92. The van der Waals surface area contributed by atoms with Crippen LogP contribution in [0, 0.1) is 19.3 Å². The monoisotopic (exact) mass is 293 g/mol. The standard InChI is InChI=1S/C17H15N3O2/c1-3-4-10-15-19-16(22-20-15)11-14-12(2)21-17(18-14)13-8-6-5-7-9-13/h1,5-9H,4,10-11H2,2H3. The molecular weight excluding hydrogens is 278 g/mol. The number of hydrogen-bond donors (Lipinski definition) is 0. The fourth-order valence-corrected chi connectivity index (χ4v) is 2.09. The van der Waals surface area contributed by atoms with Crippen molar-refractivity contribution in [3.05, 3.63) is 53.5 Å². The van der Waals surface area contributed by atoms with Gasteiger partial charge in [0, 0.05) is 18.4 Å². The molecule has 5 nitrogen and oxygen atoms in total. The summed E-state index contributed by atoms with van der Waals surface area (Å²) in [5.41, 5.74) is 1.74. The lowest BCUT2D eigenvalue weighted by molar-refractivity contribution is 0.378. The van der Waals surface area contributed by atoms with E-state index in [4.69, 9.17) is 15.4 Å². The minimum atomic E-state index is 0.450. The first-order valence-corrected chi connectivity index (χ1v) is 7.03. The maximum Gasteiger partial charge on any atom is 0.232 e. The van der Waals surface area contributed by atoms with Gasteiger partial charge in [-0.15, -0.1) is 12.3 Å². The van der Waals surface area contributed by atoms with Crippen LogP contribution in [-0.2, 0) is 12.8 Å². The molecule has 0 amide bonds. The second kappa shape index (κ2) is 6.27. The smallest absolute Gasteiger partial charge is 0.232 e. The van der Waals surface area contributed by atoms with Crippen LogP contribution in [0.1, 0.15) is 29.6 Å². The minimum Gasteiger partial charge on any atom is -0.441 e. The molecule has 0 aliphatic carbocycles. The van der Waals surface area contributed by atoms with E-state index in [1.807, 2.05) is 37.3 Å².